The number of aryl methyl sites for hydroxylation is 2. The molecule has 0 saturated heterocycles. The Morgan fingerprint density at radius 3 is 2.74 bits per heavy atom. The van der Waals surface area contributed by atoms with Crippen LogP contribution < -0.4 is 5.32 Å². The predicted octanol–water partition coefficient (Wildman–Crippen LogP) is 1.97. The molecule has 0 aliphatic heterocycles. The first kappa shape index (κ1) is 15.4. The van der Waals surface area contributed by atoms with Crippen molar-refractivity contribution in [2.24, 2.45) is 0 Å². The van der Waals surface area contributed by atoms with Gasteiger partial charge in [-0.2, -0.15) is 5.26 Å². The molecule has 6 heteroatoms. The Bertz CT molecular complexity index is 510. The van der Waals surface area contributed by atoms with Crippen LogP contribution in [-0.2, 0) is 4.79 Å². The number of hydrogen-bond acceptors (Lipinski definition) is 5. The van der Waals surface area contributed by atoms with Crippen LogP contribution >= 0.6 is 11.8 Å². The summed E-state index contributed by atoms with van der Waals surface area (Å²) in [6.07, 6.45) is 0.894. The fourth-order valence-electron chi connectivity index (χ4n) is 1.47. The zero-order valence-electron chi connectivity index (χ0n) is 11.6. The second-order valence-corrected chi connectivity index (χ2v) is 5.28. The molecule has 0 saturated carbocycles. The van der Waals surface area contributed by atoms with Crippen LogP contribution in [0.5, 0.6) is 0 Å². The number of nitrogens with one attached hydrogen (secondary N) is 1. The molecule has 1 rings (SSSR count). The first-order valence-corrected chi connectivity index (χ1v) is 7.14. The molecule has 0 bridgehead atoms. The molecule has 0 aliphatic rings. The van der Waals surface area contributed by atoms with Gasteiger partial charge in [0.25, 0.3) is 0 Å². The molecule has 1 atom stereocenters. The number of rotatable bonds is 5. The summed E-state index contributed by atoms with van der Waals surface area (Å²) in [5.74, 6) is 0.827. The molecule has 1 aromatic heterocycles. The number of amides is 1. The van der Waals surface area contributed by atoms with E-state index in [1.54, 1.807) is 13.8 Å². The van der Waals surface area contributed by atoms with Crippen LogP contribution in [0.3, 0.4) is 0 Å². The molecule has 1 N–H and O–H groups in total. The van der Waals surface area contributed by atoms with Gasteiger partial charge in [-0.25, -0.2) is 9.97 Å². The number of carbonyl (C=O) groups excluding carboxylic acids is 1. The second kappa shape index (κ2) is 7.10. The topological polar surface area (TPSA) is 78.7 Å². The lowest BCUT2D eigenvalue weighted by Gasteiger charge is -2.11. The summed E-state index contributed by atoms with van der Waals surface area (Å²) in [6.45, 7) is 7.53. The molecule has 0 aliphatic carbocycles. The molecule has 1 heterocycles. The van der Waals surface area contributed by atoms with Gasteiger partial charge in [0, 0.05) is 6.04 Å². The van der Waals surface area contributed by atoms with Crippen LogP contribution in [0.2, 0.25) is 0 Å². The molecule has 5 nitrogen and oxygen atoms in total. The van der Waals surface area contributed by atoms with E-state index in [0.29, 0.717) is 22.1 Å². The molecule has 0 fully saturated rings. The maximum absolute atomic E-state index is 11.7. The number of aromatic nitrogens is 2. The summed E-state index contributed by atoms with van der Waals surface area (Å²) in [6, 6.07) is 2.25. The minimum absolute atomic E-state index is 0.0443. The third-order valence-electron chi connectivity index (χ3n) is 2.64. The van der Waals surface area contributed by atoms with E-state index in [2.05, 4.69) is 21.4 Å². The number of nitriles is 1. The highest BCUT2D eigenvalue weighted by Crippen LogP contribution is 2.21. The fraction of sp³-hybridized carbons (Fsp3) is 0.538. The number of hydrogen-bond donors (Lipinski definition) is 1. The Morgan fingerprint density at radius 1 is 1.47 bits per heavy atom. The van der Waals surface area contributed by atoms with Crippen molar-refractivity contribution in [1.82, 2.24) is 15.3 Å². The van der Waals surface area contributed by atoms with Gasteiger partial charge >= 0.3 is 0 Å². The van der Waals surface area contributed by atoms with Crippen LogP contribution in [0.15, 0.2) is 5.03 Å². The molecular weight excluding hydrogens is 260 g/mol. The molecule has 1 amide bonds. The first-order chi connectivity index (χ1) is 8.97. The van der Waals surface area contributed by atoms with E-state index in [1.807, 2.05) is 13.8 Å². The molecule has 1 aromatic rings. The Kier molecular flexibility index (Phi) is 5.77. The highest BCUT2D eigenvalue weighted by Gasteiger charge is 2.13. The fourth-order valence-corrected chi connectivity index (χ4v) is 2.35. The average Bonchev–Trinajstić information content (AvgIpc) is 2.35. The molecule has 0 spiro atoms. The van der Waals surface area contributed by atoms with Crippen molar-refractivity contribution in [3.05, 3.63) is 17.1 Å². The van der Waals surface area contributed by atoms with Gasteiger partial charge in [-0.3, -0.25) is 4.79 Å². The van der Waals surface area contributed by atoms with Crippen LogP contribution in [-0.4, -0.2) is 27.7 Å². The first-order valence-electron chi connectivity index (χ1n) is 6.15. The summed E-state index contributed by atoms with van der Waals surface area (Å²) >= 11 is 1.27. The van der Waals surface area contributed by atoms with Gasteiger partial charge in [-0.05, 0) is 27.2 Å². The summed E-state index contributed by atoms with van der Waals surface area (Å²) in [4.78, 5) is 20.1. The van der Waals surface area contributed by atoms with Crippen LogP contribution in [0.25, 0.3) is 0 Å². The summed E-state index contributed by atoms with van der Waals surface area (Å²) < 4.78 is 0. The maximum atomic E-state index is 11.7. The summed E-state index contributed by atoms with van der Waals surface area (Å²) in [5.41, 5.74) is 1.10. The molecule has 0 unspecified atom stereocenters. The van der Waals surface area contributed by atoms with E-state index in [1.165, 1.54) is 11.8 Å². The number of thioether (sulfide) groups is 1. The highest BCUT2D eigenvalue weighted by molar-refractivity contribution is 8.00. The van der Waals surface area contributed by atoms with Crippen molar-refractivity contribution in [1.29, 1.82) is 5.26 Å². The lowest BCUT2D eigenvalue weighted by molar-refractivity contribution is -0.119. The third-order valence-corrected chi connectivity index (χ3v) is 3.62. The van der Waals surface area contributed by atoms with E-state index < -0.39 is 0 Å². The SMILES string of the molecule is CC[C@@H](C)NC(=O)CSc1nc(C)nc(C)c1C#N. The molecule has 0 aromatic carbocycles. The second-order valence-electron chi connectivity index (χ2n) is 4.31. The van der Waals surface area contributed by atoms with Gasteiger partial charge < -0.3 is 5.32 Å². The van der Waals surface area contributed by atoms with Crippen molar-refractivity contribution in [2.75, 3.05) is 5.75 Å². The van der Waals surface area contributed by atoms with Gasteiger partial charge in [0.05, 0.1) is 11.4 Å². The molecule has 0 radical (unpaired) electrons. The number of nitrogens with zero attached hydrogens (tertiary/aromatic N) is 3. The standard InChI is InChI=1S/C13H18N4OS/c1-5-8(2)15-12(18)7-19-13-11(6-14)9(3)16-10(4)17-13/h8H,5,7H2,1-4H3,(H,15,18)/t8-/m1/s1. The van der Waals surface area contributed by atoms with Gasteiger partial charge in [0.1, 0.15) is 22.5 Å². The Labute approximate surface area is 117 Å². The lowest BCUT2D eigenvalue weighted by Crippen LogP contribution is -2.33. The van der Waals surface area contributed by atoms with E-state index in [4.69, 9.17) is 5.26 Å². The highest BCUT2D eigenvalue weighted by atomic mass is 32.2. The summed E-state index contributed by atoms with van der Waals surface area (Å²) in [7, 11) is 0. The lowest BCUT2D eigenvalue weighted by atomic mass is 10.2. The van der Waals surface area contributed by atoms with Crippen LogP contribution in [0, 0.1) is 25.2 Å². The van der Waals surface area contributed by atoms with Crippen molar-refractivity contribution < 1.29 is 4.79 Å². The van der Waals surface area contributed by atoms with Crippen molar-refractivity contribution in [3.63, 3.8) is 0 Å². The van der Waals surface area contributed by atoms with E-state index >= 15 is 0 Å². The number of carbonyl (C=O) groups is 1. The van der Waals surface area contributed by atoms with Crippen LogP contribution in [0.1, 0.15) is 37.4 Å². The molecule has 102 valence electrons. The van der Waals surface area contributed by atoms with E-state index in [9.17, 15) is 4.79 Å². The molecule has 19 heavy (non-hydrogen) atoms. The van der Waals surface area contributed by atoms with Gasteiger partial charge in [0.15, 0.2) is 0 Å². The van der Waals surface area contributed by atoms with E-state index in [-0.39, 0.29) is 17.7 Å². The Morgan fingerprint density at radius 2 is 2.16 bits per heavy atom. The van der Waals surface area contributed by atoms with E-state index in [0.717, 1.165) is 6.42 Å². The third kappa shape index (κ3) is 4.52. The van der Waals surface area contributed by atoms with Gasteiger partial charge in [-0.1, -0.05) is 18.7 Å². The Hall–Kier alpha value is -1.61. The summed E-state index contributed by atoms with van der Waals surface area (Å²) in [5, 5.41) is 12.6. The van der Waals surface area contributed by atoms with Crippen molar-refractivity contribution in [2.45, 2.75) is 45.2 Å². The Balaban J connectivity index is 2.73. The van der Waals surface area contributed by atoms with Crippen molar-refractivity contribution in [3.8, 4) is 6.07 Å². The minimum atomic E-state index is -0.0443. The van der Waals surface area contributed by atoms with Gasteiger partial charge in [-0.15, -0.1) is 0 Å². The average molecular weight is 278 g/mol. The zero-order chi connectivity index (χ0) is 14.4. The largest absolute Gasteiger partial charge is 0.353 e. The predicted molar refractivity (Wildman–Crippen MR) is 74.8 cm³/mol. The van der Waals surface area contributed by atoms with Crippen LogP contribution in [0.4, 0.5) is 0 Å². The van der Waals surface area contributed by atoms with Crippen molar-refractivity contribution >= 4 is 17.7 Å². The zero-order valence-corrected chi connectivity index (χ0v) is 12.5. The molecular formula is C13H18N4OS. The quantitative estimate of drug-likeness (QED) is 0.658. The minimum Gasteiger partial charge on any atom is -0.353 e. The monoisotopic (exact) mass is 278 g/mol. The van der Waals surface area contributed by atoms with Gasteiger partial charge in [0.2, 0.25) is 5.91 Å². The normalized spacial score (nSPS) is 11.7. The smallest absolute Gasteiger partial charge is 0.230 e. The maximum Gasteiger partial charge on any atom is 0.230 e.